The number of guanidine groups is 1. The predicted octanol–water partition coefficient (Wildman–Crippen LogP) is 0.989. The van der Waals surface area contributed by atoms with E-state index in [4.69, 9.17) is 10.5 Å². The van der Waals surface area contributed by atoms with Crippen LogP contribution >= 0.6 is 0 Å². The molecule has 1 fully saturated rings. The third-order valence-corrected chi connectivity index (χ3v) is 4.06. The molecule has 0 unspecified atom stereocenters. The van der Waals surface area contributed by atoms with Gasteiger partial charge < -0.3 is 30.7 Å². The number of nitrogens with zero attached hydrogens (tertiary/aromatic N) is 3. The zero-order valence-electron chi connectivity index (χ0n) is 16.6. The molecule has 0 bridgehead atoms. The maximum Gasteiger partial charge on any atom is 0.410 e. The first-order chi connectivity index (χ1) is 13.2. The second-order valence-corrected chi connectivity index (χ2v) is 7.50. The van der Waals surface area contributed by atoms with Gasteiger partial charge in [0.1, 0.15) is 11.4 Å². The van der Waals surface area contributed by atoms with E-state index in [2.05, 4.69) is 10.3 Å². The van der Waals surface area contributed by atoms with Crippen molar-refractivity contribution in [3.63, 3.8) is 0 Å². The standard InChI is InChI=1S/C19H29N5O4/c1-19(2,3)28-18(27)24-12-10-23(11-13-24)17(20)22-9-8-21-16(26)14-4-6-15(25)7-5-14/h4-7,25H,8-13H2,1-3H3,(H2,20,22)(H,21,26). The Morgan fingerprint density at radius 2 is 1.71 bits per heavy atom. The fourth-order valence-corrected chi connectivity index (χ4v) is 2.60. The number of carbonyl (C=O) groups excluding carboxylic acids is 2. The van der Waals surface area contributed by atoms with Crippen molar-refractivity contribution in [2.75, 3.05) is 39.3 Å². The number of amides is 2. The second-order valence-electron chi connectivity index (χ2n) is 7.50. The molecule has 28 heavy (non-hydrogen) atoms. The molecule has 2 rings (SSSR count). The van der Waals surface area contributed by atoms with Crippen LogP contribution in [0.2, 0.25) is 0 Å². The van der Waals surface area contributed by atoms with Crippen molar-refractivity contribution in [3.05, 3.63) is 29.8 Å². The maximum atomic E-state index is 12.1. The lowest BCUT2D eigenvalue weighted by atomic mass is 10.2. The minimum absolute atomic E-state index is 0.112. The molecule has 0 radical (unpaired) electrons. The largest absolute Gasteiger partial charge is 0.508 e. The fourth-order valence-electron chi connectivity index (χ4n) is 2.60. The number of benzene rings is 1. The summed E-state index contributed by atoms with van der Waals surface area (Å²) in [4.78, 5) is 31.9. The first kappa shape index (κ1) is 21.3. The van der Waals surface area contributed by atoms with E-state index in [1.165, 1.54) is 12.1 Å². The third kappa shape index (κ3) is 6.64. The highest BCUT2D eigenvalue weighted by Crippen LogP contribution is 2.12. The van der Waals surface area contributed by atoms with Crippen molar-refractivity contribution >= 4 is 18.0 Å². The number of rotatable bonds is 4. The van der Waals surface area contributed by atoms with E-state index in [1.54, 1.807) is 17.0 Å². The van der Waals surface area contributed by atoms with Crippen molar-refractivity contribution in [3.8, 4) is 5.75 Å². The van der Waals surface area contributed by atoms with E-state index < -0.39 is 5.60 Å². The Kier molecular flexibility index (Phi) is 7.08. The molecule has 9 heteroatoms. The molecule has 1 aliphatic heterocycles. The monoisotopic (exact) mass is 391 g/mol. The molecule has 2 amide bonds. The smallest absolute Gasteiger partial charge is 0.410 e. The quantitative estimate of drug-likeness (QED) is 0.400. The topological polar surface area (TPSA) is 120 Å². The third-order valence-electron chi connectivity index (χ3n) is 4.06. The Labute approximate surface area is 165 Å². The Balaban J connectivity index is 1.72. The summed E-state index contributed by atoms with van der Waals surface area (Å²) in [5.41, 5.74) is 5.97. The second kappa shape index (κ2) is 9.29. The van der Waals surface area contributed by atoms with Gasteiger partial charge in [-0.2, -0.15) is 0 Å². The van der Waals surface area contributed by atoms with Gasteiger partial charge in [-0.25, -0.2) is 4.79 Å². The average molecular weight is 391 g/mol. The van der Waals surface area contributed by atoms with Crippen LogP contribution in [0.4, 0.5) is 4.79 Å². The molecule has 1 aliphatic rings. The Morgan fingerprint density at radius 3 is 2.29 bits per heavy atom. The van der Waals surface area contributed by atoms with Crippen molar-refractivity contribution in [1.82, 2.24) is 15.1 Å². The van der Waals surface area contributed by atoms with E-state index >= 15 is 0 Å². The van der Waals surface area contributed by atoms with Crippen molar-refractivity contribution < 1.29 is 19.4 Å². The van der Waals surface area contributed by atoms with E-state index in [0.29, 0.717) is 50.8 Å². The van der Waals surface area contributed by atoms with Crippen LogP contribution in [0.5, 0.6) is 5.75 Å². The lowest BCUT2D eigenvalue weighted by Crippen LogP contribution is -2.53. The lowest BCUT2D eigenvalue weighted by Gasteiger charge is -2.36. The molecule has 0 spiro atoms. The van der Waals surface area contributed by atoms with E-state index in [0.717, 1.165) is 0 Å². The number of hydrogen-bond acceptors (Lipinski definition) is 5. The van der Waals surface area contributed by atoms with Crippen LogP contribution in [-0.4, -0.2) is 77.7 Å². The molecule has 1 aromatic rings. The molecule has 0 atom stereocenters. The van der Waals surface area contributed by atoms with Crippen LogP contribution in [0.1, 0.15) is 31.1 Å². The molecule has 0 aromatic heterocycles. The highest BCUT2D eigenvalue weighted by Gasteiger charge is 2.26. The van der Waals surface area contributed by atoms with Crippen molar-refractivity contribution in [2.45, 2.75) is 26.4 Å². The number of aliphatic imine (C=N–C) groups is 1. The molecule has 0 saturated carbocycles. The maximum absolute atomic E-state index is 12.1. The zero-order valence-corrected chi connectivity index (χ0v) is 16.6. The first-order valence-corrected chi connectivity index (χ1v) is 9.26. The number of phenols is 1. The van der Waals surface area contributed by atoms with Gasteiger partial charge in [-0.05, 0) is 45.0 Å². The van der Waals surface area contributed by atoms with Gasteiger partial charge in [0.05, 0.1) is 6.54 Å². The van der Waals surface area contributed by atoms with Crippen molar-refractivity contribution in [1.29, 1.82) is 0 Å². The minimum atomic E-state index is -0.515. The number of aromatic hydroxyl groups is 1. The zero-order chi connectivity index (χ0) is 20.7. The van der Waals surface area contributed by atoms with Gasteiger partial charge in [-0.15, -0.1) is 0 Å². The Bertz CT molecular complexity index is 704. The SMILES string of the molecule is CC(C)(C)OC(=O)N1CCN(C(N)=NCCNC(=O)c2ccc(O)cc2)CC1. The number of ether oxygens (including phenoxy) is 1. The fraction of sp³-hybridized carbons (Fsp3) is 0.526. The molecular formula is C19H29N5O4. The number of piperazine rings is 1. The van der Waals surface area contributed by atoms with Crippen LogP contribution in [0.25, 0.3) is 0 Å². The predicted molar refractivity (Wildman–Crippen MR) is 106 cm³/mol. The number of phenolic OH excluding ortho intramolecular Hbond substituents is 1. The molecule has 4 N–H and O–H groups in total. The van der Waals surface area contributed by atoms with Gasteiger partial charge in [-0.1, -0.05) is 0 Å². The van der Waals surface area contributed by atoms with Crippen LogP contribution in [-0.2, 0) is 4.74 Å². The summed E-state index contributed by atoms with van der Waals surface area (Å²) in [6.45, 7) is 8.40. The van der Waals surface area contributed by atoms with Gasteiger partial charge in [0.25, 0.3) is 5.91 Å². The average Bonchev–Trinajstić information content (AvgIpc) is 2.64. The molecule has 154 valence electrons. The van der Waals surface area contributed by atoms with Crippen LogP contribution in [0.15, 0.2) is 29.3 Å². The van der Waals surface area contributed by atoms with E-state index in [9.17, 15) is 14.7 Å². The number of nitrogens with two attached hydrogens (primary N) is 1. The summed E-state index contributed by atoms with van der Waals surface area (Å²) in [5.74, 6) is 0.267. The van der Waals surface area contributed by atoms with Gasteiger partial charge in [0.2, 0.25) is 0 Å². The summed E-state index contributed by atoms with van der Waals surface area (Å²) in [5, 5.41) is 12.0. The summed E-state index contributed by atoms with van der Waals surface area (Å²) in [7, 11) is 0. The van der Waals surface area contributed by atoms with Gasteiger partial charge in [-0.3, -0.25) is 9.79 Å². The molecule has 1 saturated heterocycles. The minimum Gasteiger partial charge on any atom is -0.508 e. The highest BCUT2D eigenvalue weighted by molar-refractivity contribution is 5.94. The molecule has 1 heterocycles. The highest BCUT2D eigenvalue weighted by atomic mass is 16.6. The summed E-state index contributed by atoms with van der Waals surface area (Å²) in [6, 6.07) is 6.02. The number of nitrogens with one attached hydrogen (secondary N) is 1. The molecule has 0 aliphatic carbocycles. The summed E-state index contributed by atoms with van der Waals surface area (Å²) >= 11 is 0. The van der Waals surface area contributed by atoms with Gasteiger partial charge in [0, 0.05) is 38.3 Å². The molecule has 1 aromatic carbocycles. The summed E-state index contributed by atoms with van der Waals surface area (Å²) in [6.07, 6.45) is -0.320. The van der Waals surface area contributed by atoms with E-state index in [-0.39, 0.29) is 17.7 Å². The van der Waals surface area contributed by atoms with E-state index in [1.807, 2.05) is 25.7 Å². The molecular weight excluding hydrogens is 362 g/mol. The molecule has 9 nitrogen and oxygen atoms in total. The van der Waals surface area contributed by atoms with Gasteiger partial charge >= 0.3 is 6.09 Å². The number of carbonyl (C=O) groups is 2. The summed E-state index contributed by atoms with van der Waals surface area (Å²) < 4.78 is 5.37. The Hall–Kier alpha value is -2.97. The lowest BCUT2D eigenvalue weighted by molar-refractivity contribution is 0.0186. The van der Waals surface area contributed by atoms with Crippen LogP contribution in [0.3, 0.4) is 0 Å². The van der Waals surface area contributed by atoms with Crippen LogP contribution in [0, 0.1) is 0 Å². The number of hydrogen-bond donors (Lipinski definition) is 3. The normalized spacial score (nSPS) is 15.3. The van der Waals surface area contributed by atoms with Gasteiger partial charge in [0.15, 0.2) is 5.96 Å². The van der Waals surface area contributed by atoms with Crippen molar-refractivity contribution in [2.24, 2.45) is 10.7 Å². The van der Waals surface area contributed by atoms with Crippen LogP contribution < -0.4 is 11.1 Å². The first-order valence-electron chi connectivity index (χ1n) is 9.26. The Morgan fingerprint density at radius 1 is 1.14 bits per heavy atom.